The van der Waals surface area contributed by atoms with Crippen molar-refractivity contribution in [2.45, 2.75) is 40.0 Å². The summed E-state index contributed by atoms with van der Waals surface area (Å²) in [6.07, 6.45) is 7.86. The number of carbonyl (C=O) groups excluding carboxylic acids is 3. The number of benzene rings is 3. The molecule has 3 rings (SSSR count). The summed E-state index contributed by atoms with van der Waals surface area (Å²) in [7, 11) is 0. The van der Waals surface area contributed by atoms with Gasteiger partial charge >= 0.3 is 11.9 Å². The molecule has 0 radical (unpaired) electrons. The third-order valence-electron chi connectivity index (χ3n) is 5.98. The number of rotatable bonds is 12. The van der Waals surface area contributed by atoms with Crippen LogP contribution < -0.4 is 10.1 Å². The minimum atomic E-state index is -0.531. The lowest BCUT2D eigenvalue weighted by Crippen LogP contribution is -2.12. The molecular weight excluding hydrogens is 490 g/mol. The van der Waals surface area contributed by atoms with Gasteiger partial charge in [-0.1, -0.05) is 55.0 Å². The molecule has 0 aliphatic heterocycles. The van der Waals surface area contributed by atoms with Crippen LogP contribution in [0, 0.1) is 5.92 Å². The second kappa shape index (κ2) is 15.1. The number of esters is 2. The van der Waals surface area contributed by atoms with Gasteiger partial charge in [-0.2, -0.15) is 0 Å². The third-order valence-corrected chi connectivity index (χ3v) is 5.98. The summed E-state index contributed by atoms with van der Waals surface area (Å²) in [6.45, 7) is 6.63. The average molecular weight is 526 g/mol. The molecule has 1 N–H and O–H groups in total. The van der Waals surface area contributed by atoms with Crippen LogP contribution in [0.5, 0.6) is 5.75 Å². The molecule has 1 atom stereocenters. The SMILES string of the molecule is CC(C)=CCCC(C)CCOC(=O)C=Cc1cc(NC(=O)c2ccccc2)ccc1OC(=O)c1ccccc1. The van der Waals surface area contributed by atoms with Crippen molar-refractivity contribution < 1.29 is 23.9 Å². The molecule has 0 aliphatic rings. The van der Waals surface area contributed by atoms with E-state index in [9.17, 15) is 14.4 Å². The molecular formula is C33H35NO5. The van der Waals surface area contributed by atoms with Crippen molar-refractivity contribution >= 4 is 29.6 Å². The average Bonchev–Trinajstić information content (AvgIpc) is 2.93. The van der Waals surface area contributed by atoms with Crippen LogP contribution in [0.25, 0.3) is 6.08 Å². The van der Waals surface area contributed by atoms with Crippen molar-refractivity contribution in [3.8, 4) is 5.75 Å². The van der Waals surface area contributed by atoms with Gasteiger partial charge in [0.25, 0.3) is 5.91 Å². The number of amides is 1. The van der Waals surface area contributed by atoms with Gasteiger partial charge in [0.15, 0.2) is 0 Å². The molecule has 0 aliphatic carbocycles. The number of hydrogen-bond acceptors (Lipinski definition) is 5. The van der Waals surface area contributed by atoms with Crippen LogP contribution in [-0.2, 0) is 9.53 Å². The highest BCUT2D eigenvalue weighted by Gasteiger charge is 2.13. The zero-order chi connectivity index (χ0) is 28.0. The predicted octanol–water partition coefficient (Wildman–Crippen LogP) is 7.49. The van der Waals surface area contributed by atoms with E-state index in [1.165, 1.54) is 17.7 Å². The van der Waals surface area contributed by atoms with Crippen LogP contribution in [-0.4, -0.2) is 24.5 Å². The maximum atomic E-state index is 12.7. The maximum absolute atomic E-state index is 12.7. The van der Waals surface area contributed by atoms with Gasteiger partial charge in [0.05, 0.1) is 12.2 Å². The normalized spacial score (nSPS) is 11.5. The molecule has 0 bridgehead atoms. The molecule has 202 valence electrons. The Bertz CT molecular complexity index is 1310. The number of anilines is 1. The summed E-state index contributed by atoms with van der Waals surface area (Å²) in [5.41, 5.74) is 3.13. The fourth-order valence-electron chi connectivity index (χ4n) is 3.74. The van der Waals surface area contributed by atoms with E-state index in [0.717, 1.165) is 19.3 Å². The van der Waals surface area contributed by atoms with Gasteiger partial charge in [0.2, 0.25) is 0 Å². The molecule has 0 aromatic heterocycles. The van der Waals surface area contributed by atoms with Gasteiger partial charge in [-0.25, -0.2) is 9.59 Å². The molecule has 6 nitrogen and oxygen atoms in total. The van der Waals surface area contributed by atoms with Crippen molar-refractivity contribution in [2.24, 2.45) is 5.92 Å². The van der Waals surface area contributed by atoms with E-state index < -0.39 is 11.9 Å². The summed E-state index contributed by atoms with van der Waals surface area (Å²) in [6, 6.07) is 22.3. The number of nitrogens with one attached hydrogen (secondary N) is 1. The summed E-state index contributed by atoms with van der Waals surface area (Å²) in [4.78, 5) is 37.7. The Morgan fingerprint density at radius 3 is 2.21 bits per heavy atom. The van der Waals surface area contributed by atoms with E-state index in [2.05, 4.69) is 32.2 Å². The largest absolute Gasteiger partial charge is 0.463 e. The lowest BCUT2D eigenvalue weighted by molar-refractivity contribution is -0.138. The fraction of sp³-hybridized carbons (Fsp3) is 0.242. The highest BCUT2D eigenvalue weighted by Crippen LogP contribution is 2.26. The van der Waals surface area contributed by atoms with Gasteiger partial charge in [-0.3, -0.25) is 4.79 Å². The quantitative estimate of drug-likeness (QED) is 0.115. The zero-order valence-corrected chi connectivity index (χ0v) is 22.7. The molecule has 3 aromatic carbocycles. The van der Waals surface area contributed by atoms with E-state index in [1.54, 1.807) is 66.7 Å². The summed E-state index contributed by atoms with van der Waals surface area (Å²) in [5, 5.41) is 2.84. The topological polar surface area (TPSA) is 81.7 Å². The van der Waals surface area contributed by atoms with Crippen LogP contribution in [0.3, 0.4) is 0 Å². The lowest BCUT2D eigenvalue weighted by atomic mass is 10.0. The molecule has 0 saturated heterocycles. The van der Waals surface area contributed by atoms with Crippen molar-refractivity contribution in [3.63, 3.8) is 0 Å². The molecule has 1 unspecified atom stereocenters. The lowest BCUT2D eigenvalue weighted by Gasteiger charge is -2.11. The molecule has 0 spiro atoms. The smallest absolute Gasteiger partial charge is 0.343 e. The van der Waals surface area contributed by atoms with E-state index >= 15 is 0 Å². The molecule has 1 amide bonds. The number of carbonyl (C=O) groups is 3. The Hall–Kier alpha value is -4.45. The molecule has 0 heterocycles. The van der Waals surface area contributed by atoms with Crippen molar-refractivity contribution in [1.29, 1.82) is 0 Å². The van der Waals surface area contributed by atoms with Crippen LogP contribution in [0.1, 0.15) is 66.3 Å². The first kappa shape index (κ1) is 29.1. The van der Waals surface area contributed by atoms with E-state index in [0.29, 0.717) is 34.9 Å². The van der Waals surface area contributed by atoms with Crippen molar-refractivity contribution in [1.82, 2.24) is 0 Å². The van der Waals surface area contributed by atoms with Crippen molar-refractivity contribution in [2.75, 3.05) is 11.9 Å². The number of ether oxygens (including phenoxy) is 2. The monoisotopic (exact) mass is 525 g/mol. The van der Waals surface area contributed by atoms with E-state index in [1.807, 2.05) is 12.1 Å². The Balaban J connectivity index is 1.69. The maximum Gasteiger partial charge on any atom is 0.343 e. The van der Waals surface area contributed by atoms with Gasteiger partial charge in [0.1, 0.15) is 5.75 Å². The van der Waals surface area contributed by atoms with Crippen LogP contribution >= 0.6 is 0 Å². The second-order valence-electron chi connectivity index (χ2n) is 9.58. The number of allylic oxidation sites excluding steroid dienone is 2. The van der Waals surface area contributed by atoms with E-state index in [4.69, 9.17) is 9.47 Å². The third kappa shape index (κ3) is 10.1. The Morgan fingerprint density at radius 1 is 0.872 bits per heavy atom. The van der Waals surface area contributed by atoms with Crippen LogP contribution in [0.2, 0.25) is 0 Å². The minimum Gasteiger partial charge on any atom is -0.463 e. The van der Waals surface area contributed by atoms with Gasteiger partial charge in [-0.05, 0) is 87.6 Å². The van der Waals surface area contributed by atoms with E-state index in [-0.39, 0.29) is 11.7 Å². The second-order valence-corrected chi connectivity index (χ2v) is 9.58. The highest BCUT2D eigenvalue weighted by atomic mass is 16.5. The van der Waals surface area contributed by atoms with Crippen molar-refractivity contribution in [3.05, 3.63) is 113 Å². The predicted molar refractivity (Wildman–Crippen MR) is 155 cm³/mol. The van der Waals surface area contributed by atoms with Gasteiger partial charge in [0, 0.05) is 22.9 Å². The minimum absolute atomic E-state index is 0.249. The molecule has 0 fully saturated rings. The first-order valence-electron chi connectivity index (χ1n) is 13.1. The summed E-state index contributed by atoms with van der Waals surface area (Å²) < 4.78 is 11.0. The molecule has 0 saturated carbocycles. The highest BCUT2D eigenvalue weighted by molar-refractivity contribution is 6.04. The van der Waals surface area contributed by atoms with Gasteiger partial charge < -0.3 is 14.8 Å². The standard InChI is InChI=1S/C33H35NO5/c1-24(2)11-10-12-25(3)21-22-38-31(35)20-17-28-23-29(34-32(36)26-13-6-4-7-14-26)18-19-30(28)39-33(37)27-15-8-5-9-16-27/h4-9,11,13-20,23,25H,10,12,21-22H2,1-3H3,(H,34,36). The van der Waals surface area contributed by atoms with Crippen LogP contribution in [0.15, 0.2) is 96.6 Å². The Morgan fingerprint density at radius 2 is 1.54 bits per heavy atom. The molecule has 3 aromatic rings. The number of hydrogen-bond donors (Lipinski definition) is 1. The fourth-order valence-corrected chi connectivity index (χ4v) is 3.74. The molecule has 6 heteroatoms. The Kier molecular flexibility index (Phi) is 11.3. The molecule has 39 heavy (non-hydrogen) atoms. The van der Waals surface area contributed by atoms with Crippen LogP contribution in [0.4, 0.5) is 5.69 Å². The zero-order valence-electron chi connectivity index (χ0n) is 22.7. The van der Waals surface area contributed by atoms with Gasteiger partial charge in [-0.15, -0.1) is 0 Å². The summed E-state index contributed by atoms with van der Waals surface area (Å²) >= 11 is 0. The first-order chi connectivity index (χ1) is 18.8. The Labute approximate surface area is 230 Å². The summed E-state index contributed by atoms with van der Waals surface area (Å²) in [5.74, 6) is -0.621. The first-order valence-corrected chi connectivity index (χ1v) is 13.1.